The first-order valence-electron chi connectivity index (χ1n) is 5.19. The first-order chi connectivity index (χ1) is 7.72. The number of benzene rings is 1. The lowest BCUT2D eigenvalue weighted by molar-refractivity contribution is 0.340. The molecule has 1 aromatic carbocycles. The van der Waals surface area contributed by atoms with E-state index in [2.05, 4.69) is 11.4 Å². The Kier molecular flexibility index (Phi) is 5.10. The van der Waals surface area contributed by atoms with Crippen molar-refractivity contribution in [3.05, 3.63) is 28.8 Å². The van der Waals surface area contributed by atoms with Crippen LogP contribution in [-0.2, 0) is 0 Å². The van der Waals surface area contributed by atoms with Gasteiger partial charge < -0.3 is 10.1 Å². The predicted molar refractivity (Wildman–Crippen MR) is 64.7 cm³/mol. The van der Waals surface area contributed by atoms with Crippen LogP contribution in [0.25, 0.3) is 0 Å². The molecule has 0 heterocycles. The molecule has 0 aliphatic heterocycles. The molecule has 0 saturated carbocycles. The Morgan fingerprint density at radius 3 is 2.81 bits per heavy atom. The van der Waals surface area contributed by atoms with Gasteiger partial charge in [0.2, 0.25) is 0 Å². The van der Waals surface area contributed by atoms with Crippen LogP contribution in [0.2, 0.25) is 5.02 Å². The number of hydrogen-bond acceptors (Lipinski definition) is 3. The molecule has 0 spiro atoms. The molecule has 1 N–H and O–H groups in total. The molecule has 0 radical (unpaired) electrons. The van der Waals surface area contributed by atoms with Gasteiger partial charge in [0.1, 0.15) is 5.75 Å². The number of hydrogen-bond donors (Lipinski definition) is 1. The number of ether oxygens (including phenoxy) is 1. The van der Waals surface area contributed by atoms with Gasteiger partial charge in [-0.05, 0) is 31.7 Å². The highest BCUT2D eigenvalue weighted by molar-refractivity contribution is 6.32. The van der Waals surface area contributed by atoms with Gasteiger partial charge in [0.25, 0.3) is 0 Å². The third-order valence-electron chi connectivity index (χ3n) is 2.30. The van der Waals surface area contributed by atoms with Gasteiger partial charge in [-0.1, -0.05) is 17.7 Å². The molecule has 4 heteroatoms. The standard InChI is InChI=1S/C12H15ClN2O/c1-3-16-12-5-4-9(8-10(12)13)11(15-2)6-7-14/h4-5,8,11,15H,3,6H2,1-2H3. The van der Waals surface area contributed by atoms with E-state index < -0.39 is 0 Å². The van der Waals surface area contributed by atoms with E-state index in [4.69, 9.17) is 21.6 Å². The van der Waals surface area contributed by atoms with Gasteiger partial charge in [0, 0.05) is 6.04 Å². The maximum absolute atomic E-state index is 8.69. The number of nitrogens with one attached hydrogen (secondary N) is 1. The Morgan fingerprint density at radius 1 is 1.56 bits per heavy atom. The van der Waals surface area contributed by atoms with Gasteiger partial charge in [-0.3, -0.25) is 0 Å². The van der Waals surface area contributed by atoms with Crippen LogP contribution in [0.4, 0.5) is 0 Å². The zero-order chi connectivity index (χ0) is 12.0. The van der Waals surface area contributed by atoms with Gasteiger partial charge in [0.15, 0.2) is 0 Å². The minimum atomic E-state index is 0.0122. The number of rotatable bonds is 5. The van der Waals surface area contributed by atoms with Crippen LogP contribution >= 0.6 is 11.6 Å². The second-order valence-corrected chi connectivity index (χ2v) is 3.73. The van der Waals surface area contributed by atoms with Crippen molar-refractivity contribution in [3.8, 4) is 11.8 Å². The summed E-state index contributed by atoms with van der Waals surface area (Å²) < 4.78 is 5.35. The molecule has 3 nitrogen and oxygen atoms in total. The van der Waals surface area contributed by atoms with Gasteiger partial charge in [0.05, 0.1) is 24.1 Å². The minimum Gasteiger partial charge on any atom is -0.492 e. The summed E-state index contributed by atoms with van der Waals surface area (Å²) in [6.07, 6.45) is 0.417. The molecule has 16 heavy (non-hydrogen) atoms. The topological polar surface area (TPSA) is 45.0 Å². The maximum atomic E-state index is 8.69. The quantitative estimate of drug-likeness (QED) is 0.858. The Morgan fingerprint density at radius 2 is 2.31 bits per heavy atom. The van der Waals surface area contributed by atoms with Crippen molar-refractivity contribution >= 4 is 11.6 Å². The zero-order valence-electron chi connectivity index (χ0n) is 9.46. The van der Waals surface area contributed by atoms with Crippen molar-refractivity contribution in [3.63, 3.8) is 0 Å². The summed E-state index contributed by atoms with van der Waals surface area (Å²) in [7, 11) is 1.83. The van der Waals surface area contributed by atoms with Crippen molar-refractivity contribution in [1.82, 2.24) is 5.32 Å². The highest BCUT2D eigenvalue weighted by Gasteiger charge is 2.11. The zero-order valence-corrected chi connectivity index (χ0v) is 10.2. The predicted octanol–water partition coefficient (Wildman–Crippen LogP) is 2.91. The molecule has 1 atom stereocenters. The Balaban J connectivity index is 2.91. The first kappa shape index (κ1) is 12.8. The lowest BCUT2D eigenvalue weighted by atomic mass is 10.0. The molecular formula is C12H15ClN2O. The molecule has 0 aliphatic rings. The number of nitriles is 1. The molecule has 1 unspecified atom stereocenters. The van der Waals surface area contributed by atoms with E-state index in [0.29, 0.717) is 23.8 Å². The summed E-state index contributed by atoms with van der Waals surface area (Å²) in [5.74, 6) is 0.680. The van der Waals surface area contributed by atoms with Crippen molar-refractivity contribution in [2.24, 2.45) is 0 Å². The summed E-state index contributed by atoms with van der Waals surface area (Å²) >= 11 is 6.07. The summed E-state index contributed by atoms with van der Waals surface area (Å²) in [6, 6.07) is 7.75. The third kappa shape index (κ3) is 3.13. The molecule has 0 saturated heterocycles. The van der Waals surface area contributed by atoms with Crippen LogP contribution in [0, 0.1) is 11.3 Å². The Hall–Kier alpha value is -1.24. The second kappa shape index (κ2) is 6.37. The van der Waals surface area contributed by atoms with E-state index in [1.165, 1.54) is 0 Å². The first-order valence-corrected chi connectivity index (χ1v) is 5.57. The molecule has 1 aromatic rings. The average Bonchev–Trinajstić information content (AvgIpc) is 2.29. The van der Waals surface area contributed by atoms with Crippen LogP contribution in [0.5, 0.6) is 5.75 Å². The molecule has 1 rings (SSSR count). The summed E-state index contributed by atoms with van der Waals surface area (Å²) in [4.78, 5) is 0. The summed E-state index contributed by atoms with van der Waals surface area (Å²) in [5, 5.41) is 12.3. The highest BCUT2D eigenvalue weighted by Crippen LogP contribution is 2.28. The fourth-order valence-electron chi connectivity index (χ4n) is 1.48. The van der Waals surface area contributed by atoms with E-state index in [1.807, 2.05) is 32.2 Å². The Bertz CT molecular complexity index is 387. The van der Waals surface area contributed by atoms with Crippen molar-refractivity contribution in [2.45, 2.75) is 19.4 Å². The van der Waals surface area contributed by atoms with E-state index >= 15 is 0 Å². The summed E-state index contributed by atoms with van der Waals surface area (Å²) in [6.45, 7) is 2.50. The second-order valence-electron chi connectivity index (χ2n) is 3.33. The highest BCUT2D eigenvalue weighted by atomic mass is 35.5. The Labute approximate surface area is 101 Å². The maximum Gasteiger partial charge on any atom is 0.137 e. The molecule has 0 aromatic heterocycles. The van der Waals surface area contributed by atoms with Crippen LogP contribution in [0.1, 0.15) is 24.9 Å². The minimum absolute atomic E-state index is 0.0122. The van der Waals surface area contributed by atoms with Crippen molar-refractivity contribution < 1.29 is 4.74 Å². The average molecular weight is 239 g/mol. The molecule has 0 aliphatic carbocycles. The number of nitrogens with zero attached hydrogens (tertiary/aromatic N) is 1. The van der Waals surface area contributed by atoms with Gasteiger partial charge in [-0.15, -0.1) is 0 Å². The fraction of sp³-hybridized carbons (Fsp3) is 0.417. The van der Waals surface area contributed by atoms with E-state index in [0.717, 1.165) is 5.56 Å². The van der Waals surface area contributed by atoms with E-state index in [1.54, 1.807) is 0 Å². The lowest BCUT2D eigenvalue weighted by Gasteiger charge is -2.14. The molecule has 0 fully saturated rings. The lowest BCUT2D eigenvalue weighted by Crippen LogP contribution is -2.15. The number of halogens is 1. The fourth-order valence-corrected chi connectivity index (χ4v) is 1.73. The van der Waals surface area contributed by atoms with E-state index in [9.17, 15) is 0 Å². The van der Waals surface area contributed by atoms with Crippen LogP contribution in [-0.4, -0.2) is 13.7 Å². The van der Waals surface area contributed by atoms with Gasteiger partial charge in [-0.2, -0.15) is 5.26 Å². The molecule has 0 amide bonds. The van der Waals surface area contributed by atoms with Gasteiger partial charge in [-0.25, -0.2) is 0 Å². The largest absolute Gasteiger partial charge is 0.492 e. The van der Waals surface area contributed by atoms with Crippen molar-refractivity contribution in [2.75, 3.05) is 13.7 Å². The van der Waals surface area contributed by atoms with Gasteiger partial charge >= 0.3 is 0 Å². The molecule has 86 valence electrons. The van der Waals surface area contributed by atoms with Crippen LogP contribution in [0.3, 0.4) is 0 Å². The SMILES string of the molecule is CCOc1ccc(C(CC#N)NC)cc1Cl. The van der Waals surface area contributed by atoms with Crippen LogP contribution in [0.15, 0.2) is 18.2 Å². The molecule has 0 bridgehead atoms. The third-order valence-corrected chi connectivity index (χ3v) is 2.60. The van der Waals surface area contributed by atoms with Crippen molar-refractivity contribution in [1.29, 1.82) is 5.26 Å². The smallest absolute Gasteiger partial charge is 0.137 e. The normalized spacial score (nSPS) is 11.9. The van der Waals surface area contributed by atoms with E-state index in [-0.39, 0.29) is 6.04 Å². The van der Waals surface area contributed by atoms with Crippen LogP contribution < -0.4 is 10.1 Å². The molecular weight excluding hydrogens is 224 g/mol. The summed E-state index contributed by atoms with van der Waals surface area (Å²) in [5.41, 5.74) is 0.998. The monoisotopic (exact) mass is 238 g/mol.